The van der Waals surface area contributed by atoms with Gasteiger partial charge in [0.25, 0.3) is 5.91 Å². The SMILES string of the molecule is O=C(Nc1cc(S(=O)(=O)N2CCCCC2)ccc1N1CCOCC1)C1COCCO1. The molecule has 3 fully saturated rings. The summed E-state index contributed by atoms with van der Waals surface area (Å²) in [7, 11) is -3.61. The van der Waals surface area contributed by atoms with Crippen molar-refractivity contribution < 1.29 is 27.4 Å². The van der Waals surface area contributed by atoms with E-state index in [-0.39, 0.29) is 17.4 Å². The fraction of sp³-hybridized carbons (Fsp3) is 0.650. The standard InChI is InChI=1S/C20H29N3O6S/c24-20(19-15-28-12-13-29-19)21-17-14-16(30(25,26)23-6-2-1-3-7-23)4-5-18(17)22-8-10-27-11-9-22/h4-5,14,19H,1-3,6-13,15H2,(H,21,24). The van der Waals surface area contributed by atoms with Crippen molar-refractivity contribution in [1.29, 1.82) is 0 Å². The lowest BCUT2D eigenvalue weighted by atomic mass is 10.2. The zero-order chi connectivity index (χ0) is 21.0. The maximum absolute atomic E-state index is 13.1. The summed E-state index contributed by atoms with van der Waals surface area (Å²) in [6.07, 6.45) is 2.08. The quantitative estimate of drug-likeness (QED) is 0.732. The Morgan fingerprint density at radius 3 is 2.43 bits per heavy atom. The molecule has 166 valence electrons. The van der Waals surface area contributed by atoms with E-state index < -0.39 is 16.1 Å². The Hall–Kier alpha value is -1.72. The molecule has 3 heterocycles. The molecule has 0 bridgehead atoms. The van der Waals surface area contributed by atoms with Gasteiger partial charge in [-0.25, -0.2) is 8.42 Å². The molecule has 1 aromatic carbocycles. The van der Waals surface area contributed by atoms with Crippen LogP contribution in [0.4, 0.5) is 11.4 Å². The van der Waals surface area contributed by atoms with E-state index in [2.05, 4.69) is 10.2 Å². The van der Waals surface area contributed by atoms with E-state index in [1.807, 2.05) is 0 Å². The van der Waals surface area contributed by atoms with Crippen LogP contribution in [0, 0.1) is 0 Å². The van der Waals surface area contributed by atoms with Gasteiger partial charge in [-0.2, -0.15) is 4.31 Å². The van der Waals surface area contributed by atoms with E-state index in [1.54, 1.807) is 18.2 Å². The van der Waals surface area contributed by atoms with E-state index in [4.69, 9.17) is 14.2 Å². The van der Waals surface area contributed by atoms with Crippen LogP contribution >= 0.6 is 0 Å². The van der Waals surface area contributed by atoms with Gasteiger partial charge < -0.3 is 24.4 Å². The van der Waals surface area contributed by atoms with Crippen molar-refractivity contribution >= 4 is 27.3 Å². The summed E-state index contributed by atoms with van der Waals surface area (Å²) in [4.78, 5) is 15.0. The number of rotatable bonds is 5. The van der Waals surface area contributed by atoms with Crippen LogP contribution in [0.3, 0.4) is 0 Å². The van der Waals surface area contributed by atoms with E-state index in [1.165, 1.54) is 4.31 Å². The van der Waals surface area contributed by atoms with E-state index >= 15 is 0 Å². The summed E-state index contributed by atoms with van der Waals surface area (Å²) in [5.41, 5.74) is 1.25. The molecule has 3 saturated heterocycles. The summed E-state index contributed by atoms with van der Waals surface area (Å²) in [5.74, 6) is -0.336. The van der Waals surface area contributed by atoms with Gasteiger partial charge in [0.15, 0.2) is 6.10 Å². The van der Waals surface area contributed by atoms with Crippen molar-refractivity contribution in [2.75, 3.05) is 69.4 Å². The molecule has 3 aliphatic rings. The van der Waals surface area contributed by atoms with Crippen LogP contribution < -0.4 is 10.2 Å². The monoisotopic (exact) mass is 439 g/mol. The smallest absolute Gasteiger partial charge is 0.255 e. The van der Waals surface area contributed by atoms with Gasteiger partial charge in [0.05, 0.1) is 49.3 Å². The fourth-order valence-corrected chi connectivity index (χ4v) is 5.51. The first-order chi connectivity index (χ1) is 14.6. The molecule has 0 radical (unpaired) electrons. The molecular formula is C20H29N3O6S. The molecule has 0 saturated carbocycles. The number of hydrogen-bond donors (Lipinski definition) is 1. The van der Waals surface area contributed by atoms with Gasteiger partial charge in [-0.05, 0) is 31.0 Å². The van der Waals surface area contributed by atoms with Crippen LogP contribution in [0.5, 0.6) is 0 Å². The van der Waals surface area contributed by atoms with Gasteiger partial charge in [0.2, 0.25) is 10.0 Å². The normalized spacial score (nSPS) is 23.9. The Bertz CT molecular complexity index is 844. The Morgan fingerprint density at radius 1 is 0.967 bits per heavy atom. The van der Waals surface area contributed by atoms with Gasteiger partial charge in [0.1, 0.15) is 0 Å². The minimum atomic E-state index is -3.61. The number of piperidine rings is 1. The second-order valence-corrected chi connectivity index (χ2v) is 9.60. The number of ether oxygens (including phenoxy) is 3. The summed E-state index contributed by atoms with van der Waals surface area (Å²) in [6, 6.07) is 4.97. The fourth-order valence-electron chi connectivity index (χ4n) is 3.96. The molecule has 1 aromatic rings. The Morgan fingerprint density at radius 2 is 1.73 bits per heavy atom. The average Bonchev–Trinajstić information content (AvgIpc) is 2.81. The van der Waals surface area contributed by atoms with E-state index in [0.29, 0.717) is 58.3 Å². The summed E-state index contributed by atoms with van der Waals surface area (Å²) < 4.78 is 44.1. The number of morpholine rings is 1. The first-order valence-corrected chi connectivity index (χ1v) is 12.0. The van der Waals surface area contributed by atoms with E-state index in [0.717, 1.165) is 24.9 Å². The molecule has 1 atom stereocenters. The van der Waals surface area contributed by atoms with Crippen molar-refractivity contribution in [2.24, 2.45) is 0 Å². The zero-order valence-corrected chi connectivity index (χ0v) is 17.9. The molecule has 10 heteroatoms. The number of carbonyl (C=O) groups excluding carboxylic acids is 1. The molecular weight excluding hydrogens is 410 g/mol. The third kappa shape index (κ3) is 4.78. The first kappa shape index (κ1) is 21.5. The predicted octanol–water partition coefficient (Wildman–Crippen LogP) is 1.05. The summed E-state index contributed by atoms with van der Waals surface area (Å²) >= 11 is 0. The molecule has 9 nitrogen and oxygen atoms in total. The second-order valence-electron chi connectivity index (χ2n) is 7.67. The molecule has 0 spiro atoms. The summed E-state index contributed by atoms with van der Waals surface area (Å²) in [5, 5.41) is 2.88. The number of nitrogens with zero attached hydrogens (tertiary/aromatic N) is 2. The number of hydrogen-bond acceptors (Lipinski definition) is 7. The Kier molecular flexibility index (Phi) is 6.89. The third-order valence-corrected chi connectivity index (χ3v) is 7.53. The number of benzene rings is 1. The first-order valence-electron chi connectivity index (χ1n) is 10.5. The molecule has 4 rings (SSSR count). The lowest BCUT2D eigenvalue weighted by Gasteiger charge is -2.32. The van der Waals surface area contributed by atoms with Gasteiger partial charge in [-0.15, -0.1) is 0 Å². The zero-order valence-electron chi connectivity index (χ0n) is 17.0. The van der Waals surface area contributed by atoms with Crippen LogP contribution in [0.2, 0.25) is 0 Å². The topological polar surface area (TPSA) is 97.4 Å². The molecule has 1 N–H and O–H groups in total. The predicted molar refractivity (Wildman–Crippen MR) is 111 cm³/mol. The van der Waals surface area contributed by atoms with Gasteiger partial charge in [-0.3, -0.25) is 4.79 Å². The minimum absolute atomic E-state index is 0.185. The van der Waals surface area contributed by atoms with Gasteiger partial charge in [-0.1, -0.05) is 6.42 Å². The lowest BCUT2D eigenvalue weighted by Crippen LogP contribution is -2.40. The molecule has 30 heavy (non-hydrogen) atoms. The van der Waals surface area contributed by atoms with Crippen molar-refractivity contribution in [2.45, 2.75) is 30.3 Å². The molecule has 1 unspecified atom stereocenters. The molecule has 3 aliphatic heterocycles. The maximum atomic E-state index is 13.1. The number of carbonyl (C=O) groups is 1. The van der Waals surface area contributed by atoms with Gasteiger partial charge in [0, 0.05) is 26.2 Å². The lowest BCUT2D eigenvalue weighted by molar-refractivity contribution is -0.142. The van der Waals surface area contributed by atoms with E-state index in [9.17, 15) is 13.2 Å². The van der Waals surface area contributed by atoms with Gasteiger partial charge >= 0.3 is 0 Å². The highest BCUT2D eigenvalue weighted by molar-refractivity contribution is 7.89. The molecule has 0 aliphatic carbocycles. The van der Waals surface area contributed by atoms with Crippen molar-refractivity contribution in [3.8, 4) is 0 Å². The number of anilines is 2. The highest BCUT2D eigenvalue weighted by atomic mass is 32.2. The van der Waals surface area contributed by atoms with Crippen molar-refractivity contribution in [1.82, 2.24) is 4.31 Å². The van der Waals surface area contributed by atoms with Crippen molar-refractivity contribution in [3.05, 3.63) is 18.2 Å². The van der Waals surface area contributed by atoms with Crippen LogP contribution in [0.25, 0.3) is 0 Å². The van der Waals surface area contributed by atoms with Crippen LogP contribution in [0.15, 0.2) is 23.1 Å². The summed E-state index contributed by atoms with van der Waals surface area (Å²) in [6.45, 7) is 4.58. The average molecular weight is 440 g/mol. The highest BCUT2D eigenvalue weighted by Gasteiger charge is 2.29. The van der Waals surface area contributed by atoms with Crippen LogP contribution in [-0.4, -0.2) is 83.9 Å². The number of nitrogens with one attached hydrogen (secondary N) is 1. The minimum Gasteiger partial charge on any atom is -0.378 e. The molecule has 0 aromatic heterocycles. The Balaban J connectivity index is 1.62. The largest absolute Gasteiger partial charge is 0.378 e. The molecule has 1 amide bonds. The second kappa shape index (κ2) is 9.61. The van der Waals surface area contributed by atoms with Crippen molar-refractivity contribution in [3.63, 3.8) is 0 Å². The third-order valence-electron chi connectivity index (χ3n) is 5.64. The maximum Gasteiger partial charge on any atom is 0.255 e. The Labute approximate surface area is 177 Å². The number of sulfonamides is 1. The van der Waals surface area contributed by atoms with Crippen LogP contribution in [-0.2, 0) is 29.0 Å². The number of amides is 1. The highest BCUT2D eigenvalue weighted by Crippen LogP contribution is 2.32. The van der Waals surface area contributed by atoms with Crippen LogP contribution in [0.1, 0.15) is 19.3 Å².